The first-order valence-corrected chi connectivity index (χ1v) is 12.3. The molecule has 0 N–H and O–H groups in total. The van der Waals surface area contributed by atoms with Gasteiger partial charge in [-0.2, -0.15) is 0 Å². The van der Waals surface area contributed by atoms with Gasteiger partial charge in [0, 0.05) is 0 Å². The molecule has 0 atom stereocenters. The van der Waals surface area contributed by atoms with Gasteiger partial charge in [-0.15, -0.1) is 0 Å². The van der Waals surface area contributed by atoms with Gasteiger partial charge in [0.1, 0.15) is 13.2 Å². The number of hydrogen-bond donors (Lipinski definition) is 0. The zero-order valence-corrected chi connectivity index (χ0v) is 19.7. The van der Waals surface area contributed by atoms with Gasteiger partial charge in [0.2, 0.25) is 0 Å². The predicted molar refractivity (Wildman–Crippen MR) is 125 cm³/mol. The van der Waals surface area contributed by atoms with Crippen LogP contribution in [0.3, 0.4) is 0 Å². The monoisotopic (exact) mass is 422 g/mol. The average molecular weight is 423 g/mol. The van der Waals surface area contributed by atoms with Crippen LogP contribution < -0.4 is 0 Å². The molecule has 0 aliphatic carbocycles. The Hall–Kier alpha value is -1.58. The highest BCUT2D eigenvalue weighted by Gasteiger charge is 2.07. The maximum Gasteiger partial charge on any atom is 0.306 e. The third-order valence-corrected chi connectivity index (χ3v) is 5.00. The molecule has 0 heterocycles. The number of rotatable bonds is 21. The topological polar surface area (TPSA) is 52.6 Å². The van der Waals surface area contributed by atoms with E-state index < -0.39 is 0 Å². The van der Waals surface area contributed by atoms with E-state index >= 15 is 0 Å². The van der Waals surface area contributed by atoms with Crippen LogP contribution in [0, 0.1) is 0 Å². The van der Waals surface area contributed by atoms with E-state index in [2.05, 4.69) is 26.0 Å². The number of allylic oxidation sites excluding steroid dienone is 2. The summed E-state index contributed by atoms with van der Waals surface area (Å²) in [5.41, 5.74) is 0. The summed E-state index contributed by atoms with van der Waals surface area (Å²) in [6, 6.07) is 0. The first-order chi connectivity index (χ1) is 14.7. The van der Waals surface area contributed by atoms with Crippen LogP contribution in [0.2, 0.25) is 0 Å². The van der Waals surface area contributed by atoms with Crippen molar-refractivity contribution >= 4 is 11.9 Å². The highest BCUT2D eigenvalue weighted by atomic mass is 16.5. The molecule has 0 aliphatic heterocycles. The van der Waals surface area contributed by atoms with Crippen molar-refractivity contribution in [1.82, 2.24) is 0 Å². The molecule has 30 heavy (non-hydrogen) atoms. The Morgan fingerprint density at radius 1 is 0.533 bits per heavy atom. The molecular formula is C26H46O4. The fourth-order valence-electron chi connectivity index (χ4n) is 3.09. The van der Waals surface area contributed by atoms with Crippen molar-refractivity contribution in [2.45, 2.75) is 117 Å². The molecule has 0 fully saturated rings. The SMILES string of the molecule is CCCCCCCC/C=C/COC(=O)CCC(=O)OC/C=C/CCCCCCCC. The summed E-state index contributed by atoms with van der Waals surface area (Å²) in [7, 11) is 0. The average Bonchev–Trinajstić information content (AvgIpc) is 2.75. The van der Waals surface area contributed by atoms with Crippen molar-refractivity contribution in [3.63, 3.8) is 0 Å². The van der Waals surface area contributed by atoms with Crippen molar-refractivity contribution in [3.05, 3.63) is 24.3 Å². The van der Waals surface area contributed by atoms with Gasteiger partial charge >= 0.3 is 11.9 Å². The molecule has 0 saturated carbocycles. The molecule has 4 nitrogen and oxygen atoms in total. The summed E-state index contributed by atoms with van der Waals surface area (Å²) in [5.74, 6) is -0.704. The smallest absolute Gasteiger partial charge is 0.306 e. The van der Waals surface area contributed by atoms with Crippen LogP contribution in [0.1, 0.15) is 117 Å². The molecular weight excluding hydrogens is 376 g/mol. The second-order valence-corrected chi connectivity index (χ2v) is 7.92. The molecule has 0 aromatic carbocycles. The number of unbranched alkanes of at least 4 members (excludes halogenated alkanes) is 12. The standard InChI is InChI=1S/C26H46O4/c1-3-5-7-9-11-13-15-17-19-23-29-25(27)21-22-26(28)30-24-20-18-16-14-12-10-8-6-4-2/h17-20H,3-16,21-24H2,1-2H3/b19-17+,20-18+. The lowest BCUT2D eigenvalue weighted by Crippen LogP contribution is -2.10. The molecule has 174 valence electrons. The van der Waals surface area contributed by atoms with Crippen LogP contribution in [-0.2, 0) is 19.1 Å². The minimum Gasteiger partial charge on any atom is -0.461 e. The van der Waals surface area contributed by atoms with Crippen molar-refractivity contribution in [2.75, 3.05) is 13.2 Å². The van der Waals surface area contributed by atoms with E-state index in [0.29, 0.717) is 0 Å². The Morgan fingerprint density at radius 2 is 0.900 bits per heavy atom. The molecule has 0 radical (unpaired) electrons. The molecule has 0 unspecified atom stereocenters. The zero-order valence-electron chi connectivity index (χ0n) is 19.7. The van der Waals surface area contributed by atoms with Gasteiger partial charge in [-0.05, 0) is 25.7 Å². The van der Waals surface area contributed by atoms with E-state index in [4.69, 9.17) is 9.47 Å². The third-order valence-electron chi connectivity index (χ3n) is 5.00. The van der Waals surface area contributed by atoms with Crippen LogP contribution in [0.5, 0.6) is 0 Å². The maximum absolute atomic E-state index is 11.6. The van der Waals surface area contributed by atoms with E-state index in [-0.39, 0.29) is 38.0 Å². The van der Waals surface area contributed by atoms with Gasteiger partial charge in [-0.3, -0.25) is 9.59 Å². The highest BCUT2D eigenvalue weighted by Crippen LogP contribution is 2.08. The number of hydrogen-bond acceptors (Lipinski definition) is 4. The Bertz CT molecular complexity index is 412. The van der Waals surface area contributed by atoms with Crippen LogP contribution >= 0.6 is 0 Å². The van der Waals surface area contributed by atoms with Crippen LogP contribution in [0.25, 0.3) is 0 Å². The molecule has 0 spiro atoms. The normalized spacial score (nSPS) is 11.4. The largest absolute Gasteiger partial charge is 0.461 e. The Labute approximate surface area is 185 Å². The van der Waals surface area contributed by atoms with Crippen LogP contribution in [-0.4, -0.2) is 25.2 Å². The summed E-state index contributed by atoms with van der Waals surface area (Å²) in [5, 5.41) is 0. The van der Waals surface area contributed by atoms with Crippen molar-refractivity contribution < 1.29 is 19.1 Å². The lowest BCUT2D eigenvalue weighted by Gasteiger charge is -2.03. The number of carbonyl (C=O) groups is 2. The first-order valence-electron chi connectivity index (χ1n) is 12.3. The molecule has 0 saturated heterocycles. The number of carbonyl (C=O) groups excluding carboxylic acids is 2. The van der Waals surface area contributed by atoms with E-state index in [1.165, 1.54) is 77.0 Å². The van der Waals surface area contributed by atoms with E-state index in [9.17, 15) is 9.59 Å². The minimum absolute atomic E-state index is 0.0750. The quantitative estimate of drug-likeness (QED) is 0.109. The van der Waals surface area contributed by atoms with Crippen molar-refractivity contribution in [1.29, 1.82) is 0 Å². The van der Waals surface area contributed by atoms with Gasteiger partial charge in [-0.25, -0.2) is 0 Å². The van der Waals surface area contributed by atoms with Gasteiger partial charge in [0.15, 0.2) is 0 Å². The molecule has 0 amide bonds. The van der Waals surface area contributed by atoms with E-state index in [1.54, 1.807) is 0 Å². The lowest BCUT2D eigenvalue weighted by atomic mass is 10.1. The van der Waals surface area contributed by atoms with Gasteiger partial charge in [0.05, 0.1) is 12.8 Å². The second-order valence-electron chi connectivity index (χ2n) is 7.92. The summed E-state index contributed by atoms with van der Waals surface area (Å²) >= 11 is 0. The second kappa shape index (κ2) is 23.7. The lowest BCUT2D eigenvalue weighted by molar-refractivity contribution is -0.149. The maximum atomic E-state index is 11.6. The number of ether oxygens (including phenoxy) is 2. The van der Waals surface area contributed by atoms with Gasteiger partial charge in [0.25, 0.3) is 0 Å². The summed E-state index contributed by atoms with van der Waals surface area (Å²) in [6.07, 6.45) is 25.5. The fourth-order valence-corrected chi connectivity index (χ4v) is 3.09. The highest BCUT2D eigenvalue weighted by molar-refractivity contribution is 5.77. The summed E-state index contributed by atoms with van der Waals surface area (Å²) in [6.45, 7) is 5.02. The first kappa shape index (κ1) is 28.4. The summed E-state index contributed by atoms with van der Waals surface area (Å²) in [4.78, 5) is 23.3. The molecule has 0 aromatic rings. The van der Waals surface area contributed by atoms with Gasteiger partial charge < -0.3 is 9.47 Å². The minimum atomic E-state index is -0.352. The van der Waals surface area contributed by atoms with Gasteiger partial charge in [-0.1, -0.05) is 102 Å². The molecule has 4 heteroatoms. The number of esters is 2. The van der Waals surface area contributed by atoms with E-state index in [0.717, 1.165) is 12.8 Å². The molecule has 0 rings (SSSR count). The zero-order chi connectivity index (χ0) is 22.1. The predicted octanol–water partition coefficient (Wildman–Crippen LogP) is 7.47. The van der Waals surface area contributed by atoms with E-state index in [1.807, 2.05) is 12.2 Å². The third kappa shape index (κ3) is 22.7. The molecule has 0 aliphatic rings. The summed E-state index contributed by atoms with van der Waals surface area (Å²) < 4.78 is 10.2. The van der Waals surface area contributed by atoms with Crippen LogP contribution in [0.15, 0.2) is 24.3 Å². The van der Waals surface area contributed by atoms with Crippen molar-refractivity contribution in [2.24, 2.45) is 0 Å². The Balaban J connectivity index is 3.47. The van der Waals surface area contributed by atoms with Crippen LogP contribution in [0.4, 0.5) is 0 Å². The van der Waals surface area contributed by atoms with Crippen molar-refractivity contribution in [3.8, 4) is 0 Å². The fraction of sp³-hybridized carbons (Fsp3) is 0.769. The Morgan fingerprint density at radius 3 is 1.30 bits per heavy atom. The molecule has 0 aromatic heterocycles. The molecule has 0 bridgehead atoms. The Kier molecular flexibility index (Phi) is 22.4.